The molecule has 1 heterocycles. The third-order valence-corrected chi connectivity index (χ3v) is 3.90. The number of pyridine rings is 1. The van der Waals surface area contributed by atoms with Crippen LogP contribution in [-0.4, -0.2) is 16.4 Å². The number of halogens is 1. The highest BCUT2D eigenvalue weighted by Crippen LogP contribution is 2.18. The fourth-order valence-electron chi connectivity index (χ4n) is 2.06. The summed E-state index contributed by atoms with van der Waals surface area (Å²) in [5.74, 6) is 0. The zero-order valence-corrected chi connectivity index (χ0v) is 13.0. The topological polar surface area (TPSA) is 16.1 Å². The van der Waals surface area contributed by atoms with Crippen LogP contribution in [0.1, 0.15) is 23.9 Å². The molecule has 0 unspecified atom stereocenters. The van der Waals surface area contributed by atoms with E-state index in [0.717, 1.165) is 31.0 Å². The number of benzene rings is 1. The Balaban J connectivity index is 2.07. The smallest absolute Gasteiger partial charge is 0.0547 e. The predicted molar refractivity (Wildman–Crippen MR) is 82.9 cm³/mol. The van der Waals surface area contributed by atoms with E-state index in [-0.39, 0.29) is 0 Å². The summed E-state index contributed by atoms with van der Waals surface area (Å²) >= 11 is 3.61. The molecule has 1 aromatic heterocycles. The largest absolute Gasteiger partial charge is 0.293 e. The molecule has 0 aliphatic rings. The SMILES string of the molecule is CCN(Cc1cccc(C)n1)Cc1ccccc1Br. The highest BCUT2D eigenvalue weighted by atomic mass is 79.9. The Morgan fingerprint density at radius 3 is 2.53 bits per heavy atom. The van der Waals surface area contributed by atoms with Crippen molar-refractivity contribution in [2.45, 2.75) is 26.9 Å². The molecular formula is C16H19BrN2. The van der Waals surface area contributed by atoms with Crippen molar-refractivity contribution in [3.8, 4) is 0 Å². The molecule has 0 aliphatic heterocycles. The van der Waals surface area contributed by atoms with Gasteiger partial charge in [-0.05, 0) is 37.2 Å². The van der Waals surface area contributed by atoms with Gasteiger partial charge in [-0.3, -0.25) is 9.88 Å². The molecule has 19 heavy (non-hydrogen) atoms. The molecule has 0 saturated carbocycles. The van der Waals surface area contributed by atoms with Gasteiger partial charge in [0.2, 0.25) is 0 Å². The lowest BCUT2D eigenvalue weighted by atomic mass is 10.2. The maximum absolute atomic E-state index is 4.57. The molecule has 0 fully saturated rings. The van der Waals surface area contributed by atoms with Crippen LogP contribution < -0.4 is 0 Å². The lowest BCUT2D eigenvalue weighted by molar-refractivity contribution is 0.267. The molecule has 0 spiro atoms. The Hall–Kier alpha value is -1.19. The fraction of sp³-hybridized carbons (Fsp3) is 0.312. The molecule has 0 aliphatic carbocycles. The number of aryl methyl sites for hydroxylation is 1. The minimum Gasteiger partial charge on any atom is -0.293 e. The average Bonchev–Trinajstić information content (AvgIpc) is 2.40. The molecular weight excluding hydrogens is 300 g/mol. The Morgan fingerprint density at radius 1 is 1.05 bits per heavy atom. The number of hydrogen-bond acceptors (Lipinski definition) is 2. The molecule has 2 nitrogen and oxygen atoms in total. The van der Waals surface area contributed by atoms with E-state index in [2.05, 4.69) is 63.1 Å². The van der Waals surface area contributed by atoms with E-state index in [1.54, 1.807) is 0 Å². The van der Waals surface area contributed by atoms with E-state index in [4.69, 9.17) is 0 Å². The number of nitrogens with zero attached hydrogens (tertiary/aromatic N) is 2. The first-order chi connectivity index (χ1) is 9.19. The lowest BCUT2D eigenvalue weighted by Crippen LogP contribution is -2.23. The van der Waals surface area contributed by atoms with Crippen LogP contribution in [0.5, 0.6) is 0 Å². The first-order valence-corrected chi connectivity index (χ1v) is 7.36. The quantitative estimate of drug-likeness (QED) is 0.822. The van der Waals surface area contributed by atoms with E-state index in [1.165, 1.54) is 10.0 Å². The van der Waals surface area contributed by atoms with E-state index >= 15 is 0 Å². The molecule has 0 atom stereocenters. The van der Waals surface area contributed by atoms with Crippen molar-refractivity contribution in [1.29, 1.82) is 0 Å². The highest BCUT2D eigenvalue weighted by Gasteiger charge is 2.08. The van der Waals surface area contributed by atoms with Gasteiger partial charge >= 0.3 is 0 Å². The standard InChI is InChI=1S/C16H19BrN2/c1-3-19(11-14-8-4-5-10-16(14)17)12-15-9-6-7-13(2)18-15/h4-10H,3,11-12H2,1-2H3. The minimum absolute atomic E-state index is 0.888. The Bertz CT molecular complexity index is 540. The molecule has 0 saturated heterocycles. The molecule has 2 rings (SSSR count). The minimum atomic E-state index is 0.888. The van der Waals surface area contributed by atoms with Crippen molar-refractivity contribution in [2.75, 3.05) is 6.54 Å². The summed E-state index contributed by atoms with van der Waals surface area (Å²) in [6, 6.07) is 14.6. The summed E-state index contributed by atoms with van der Waals surface area (Å²) in [6.45, 7) is 7.06. The maximum Gasteiger partial charge on any atom is 0.0547 e. The third-order valence-electron chi connectivity index (χ3n) is 3.13. The molecule has 1 aromatic carbocycles. The van der Waals surface area contributed by atoms with Gasteiger partial charge in [0.25, 0.3) is 0 Å². The molecule has 0 radical (unpaired) electrons. The summed E-state index contributed by atoms with van der Waals surface area (Å²) in [5, 5.41) is 0. The first kappa shape index (κ1) is 14.2. The Labute approximate surface area is 123 Å². The highest BCUT2D eigenvalue weighted by molar-refractivity contribution is 9.10. The van der Waals surface area contributed by atoms with Crippen LogP contribution in [0.25, 0.3) is 0 Å². The van der Waals surface area contributed by atoms with Crippen LogP contribution in [0, 0.1) is 6.92 Å². The Kier molecular flexibility index (Phi) is 5.11. The Morgan fingerprint density at radius 2 is 1.84 bits per heavy atom. The molecule has 3 heteroatoms. The van der Waals surface area contributed by atoms with Gasteiger partial charge in [0.1, 0.15) is 0 Å². The first-order valence-electron chi connectivity index (χ1n) is 6.57. The molecule has 0 amide bonds. The molecule has 0 N–H and O–H groups in total. The lowest BCUT2D eigenvalue weighted by Gasteiger charge is -2.21. The predicted octanol–water partition coefficient (Wildman–Crippen LogP) is 4.17. The number of aromatic nitrogens is 1. The zero-order valence-electron chi connectivity index (χ0n) is 11.4. The summed E-state index contributed by atoms with van der Waals surface area (Å²) < 4.78 is 1.17. The summed E-state index contributed by atoms with van der Waals surface area (Å²) in [4.78, 5) is 6.96. The van der Waals surface area contributed by atoms with Crippen molar-refractivity contribution >= 4 is 15.9 Å². The van der Waals surface area contributed by atoms with Crippen LogP contribution >= 0.6 is 15.9 Å². The van der Waals surface area contributed by atoms with E-state index in [0.29, 0.717) is 0 Å². The van der Waals surface area contributed by atoms with Crippen LogP contribution in [-0.2, 0) is 13.1 Å². The van der Waals surface area contributed by atoms with Crippen molar-refractivity contribution in [3.05, 3.63) is 63.9 Å². The normalized spacial score (nSPS) is 10.9. The third kappa shape index (κ3) is 4.15. The number of rotatable bonds is 5. The van der Waals surface area contributed by atoms with E-state index < -0.39 is 0 Å². The van der Waals surface area contributed by atoms with Crippen LogP contribution in [0.15, 0.2) is 46.9 Å². The van der Waals surface area contributed by atoms with Crippen molar-refractivity contribution in [2.24, 2.45) is 0 Å². The zero-order chi connectivity index (χ0) is 13.7. The second-order valence-corrected chi connectivity index (χ2v) is 5.52. The average molecular weight is 319 g/mol. The van der Waals surface area contributed by atoms with E-state index in [1.807, 2.05) is 19.1 Å². The fourth-order valence-corrected chi connectivity index (χ4v) is 2.47. The van der Waals surface area contributed by atoms with Crippen LogP contribution in [0.4, 0.5) is 0 Å². The van der Waals surface area contributed by atoms with E-state index in [9.17, 15) is 0 Å². The van der Waals surface area contributed by atoms with Crippen molar-refractivity contribution in [3.63, 3.8) is 0 Å². The molecule has 2 aromatic rings. The van der Waals surface area contributed by atoms with Gasteiger partial charge in [0.05, 0.1) is 5.69 Å². The second-order valence-electron chi connectivity index (χ2n) is 4.66. The van der Waals surface area contributed by atoms with Crippen LogP contribution in [0.3, 0.4) is 0 Å². The second kappa shape index (κ2) is 6.83. The van der Waals surface area contributed by atoms with Gasteiger partial charge in [0.15, 0.2) is 0 Å². The summed E-state index contributed by atoms with van der Waals surface area (Å²) in [5.41, 5.74) is 3.53. The van der Waals surface area contributed by atoms with Gasteiger partial charge in [-0.2, -0.15) is 0 Å². The van der Waals surface area contributed by atoms with Gasteiger partial charge in [-0.1, -0.05) is 47.1 Å². The van der Waals surface area contributed by atoms with Gasteiger partial charge in [-0.25, -0.2) is 0 Å². The number of hydrogen-bond donors (Lipinski definition) is 0. The molecule has 0 bridgehead atoms. The van der Waals surface area contributed by atoms with Crippen molar-refractivity contribution in [1.82, 2.24) is 9.88 Å². The van der Waals surface area contributed by atoms with Gasteiger partial charge in [0, 0.05) is 23.3 Å². The maximum atomic E-state index is 4.57. The molecule has 100 valence electrons. The van der Waals surface area contributed by atoms with Gasteiger partial charge < -0.3 is 0 Å². The van der Waals surface area contributed by atoms with Crippen molar-refractivity contribution < 1.29 is 0 Å². The summed E-state index contributed by atoms with van der Waals surface area (Å²) in [7, 11) is 0. The monoisotopic (exact) mass is 318 g/mol. The van der Waals surface area contributed by atoms with Gasteiger partial charge in [-0.15, -0.1) is 0 Å². The summed E-state index contributed by atoms with van der Waals surface area (Å²) in [6.07, 6.45) is 0. The van der Waals surface area contributed by atoms with Crippen LogP contribution in [0.2, 0.25) is 0 Å².